The van der Waals surface area contributed by atoms with Crippen LogP contribution in [0.5, 0.6) is 28.7 Å². The Balaban J connectivity index is 1.39. The number of nitrogens with one attached hydrogen (secondary N) is 1. The fraction of sp³-hybridized carbons (Fsp3) is 0.265. The van der Waals surface area contributed by atoms with Gasteiger partial charge in [0.1, 0.15) is 17.2 Å². The van der Waals surface area contributed by atoms with Crippen LogP contribution in [-0.2, 0) is 17.6 Å². The Labute approximate surface area is 250 Å². The second kappa shape index (κ2) is 12.4. The molecule has 220 valence electrons. The van der Waals surface area contributed by atoms with Crippen LogP contribution in [0.25, 0.3) is 0 Å². The number of amides is 2. The van der Waals surface area contributed by atoms with Gasteiger partial charge in [-0.1, -0.05) is 12.1 Å². The van der Waals surface area contributed by atoms with Gasteiger partial charge in [0.25, 0.3) is 5.91 Å². The summed E-state index contributed by atoms with van der Waals surface area (Å²) >= 11 is 0. The van der Waals surface area contributed by atoms with Crippen molar-refractivity contribution >= 4 is 11.8 Å². The van der Waals surface area contributed by atoms with Crippen LogP contribution in [0, 0.1) is 0 Å². The van der Waals surface area contributed by atoms with Gasteiger partial charge < -0.3 is 29.5 Å². The summed E-state index contributed by atoms with van der Waals surface area (Å²) in [6, 6.07) is 19.8. The molecule has 1 aromatic heterocycles. The van der Waals surface area contributed by atoms with E-state index in [1.807, 2.05) is 53.4 Å². The number of carbonyl (C=O) groups excluding carboxylic acids is 2. The third-order valence-electron chi connectivity index (χ3n) is 7.86. The van der Waals surface area contributed by atoms with Gasteiger partial charge >= 0.3 is 0 Å². The van der Waals surface area contributed by atoms with Crippen molar-refractivity contribution < 1.29 is 28.9 Å². The predicted molar refractivity (Wildman–Crippen MR) is 160 cm³/mol. The van der Waals surface area contributed by atoms with Crippen molar-refractivity contribution in [2.24, 2.45) is 0 Å². The number of phenolic OH excluding ortho intramolecular Hbond substituents is 1. The van der Waals surface area contributed by atoms with Crippen LogP contribution in [0.2, 0.25) is 0 Å². The molecule has 1 unspecified atom stereocenters. The highest BCUT2D eigenvalue weighted by Crippen LogP contribution is 2.41. The molecule has 4 heterocycles. The fourth-order valence-corrected chi connectivity index (χ4v) is 5.66. The van der Waals surface area contributed by atoms with E-state index in [9.17, 15) is 14.7 Å². The van der Waals surface area contributed by atoms with Crippen LogP contribution < -0.4 is 19.5 Å². The lowest BCUT2D eigenvalue weighted by molar-refractivity contribution is -0.133. The van der Waals surface area contributed by atoms with Crippen molar-refractivity contribution in [2.75, 3.05) is 26.8 Å². The lowest BCUT2D eigenvalue weighted by Gasteiger charge is -2.38. The summed E-state index contributed by atoms with van der Waals surface area (Å²) in [6.45, 7) is 1.22. The molecule has 3 aliphatic rings. The Morgan fingerprint density at radius 3 is 2.72 bits per heavy atom. The summed E-state index contributed by atoms with van der Waals surface area (Å²) < 4.78 is 17.9. The molecule has 43 heavy (non-hydrogen) atoms. The van der Waals surface area contributed by atoms with Gasteiger partial charge in [0.05, 0.1) is 25.3 Å². The number of aromatic hydroxyl groups is 1. The number of fused-ring (bicyclic) bond motifs is 6. The number of nitrogens with zero attached hydrogens (tertiary/aromatic N) is 2. The number of rotatable bonds is 4. The van der Waals surface area contributed by atoms with Gasteiger partial charge in [0, 0.05) is 31.9 Å². The van der Waals surface area contributed by atoms with Crippen LogP contribution in [0.15, 0.2) is 79.1 Å². The Hall–Kier alpha value is -5.05. The number of aromatic nitrogens is 1. The third kappa shape index (κ3) is 6.11. The fourth-order valence-electron chi connectivity index (χ4n) is 5.66. The van der Waals surface area contributed by atoms with Crippen molar-refractivity contribution in [1.82, 2.24) is 15.2 Å². The minimum absolute atomic E-state index is 0.0700. The van der Waals surface area contributed by atoms with E-state index in [-0.39, 0.29) is 23.3 Å². The number of hydrogen-bond acceptors (Lipinski definition) is 7. The van der Waals surface area contributed by atoms with E-state index in [0.717, 1.165) is 22.3 Å². The molecular weight excluding hydrogens is 546 g/mol. The van der Waals surface area contributed by atoms with E-state index in [1.54, 1.807) is 25.6 Å². The van der Waals surface area contributed by atoms with Crippen molar-refractivity contribution in [3.63, 3.8) is 0 Å². The zero-order chi connectivity index (χ0) is 29.8. The Bertz CT molecular complexity index is 1640. The van der Waals surface area contributed by atoms with Gasteiger partial charge in [-0.3, -0.25) is 14.6 Å². The molecule has 2 N–H and O–H groups in total. The molecule has 0 fully saturated rings. The first-order valence-corrected chi connectivity index (χ1v) is 14.4. The van der Waals surface area contributed by atoms with Crippen LogP contribution in [0.3, 0.4) is 0 Å². The van der Waals surface area contributed by atoms with Crippen LogP contribution in [0.1, 0.15) is 51.5 Å². The molecule has 7 rings (SSSR count). The molecule has 8 bridgehead atoms. The van der Waals surface area contributed by atoms with Gasteiger partial charge in [-0.25, -0.2) is 0 Å². The van der Waals surface area contributed by atoms with Crippen molar-refractivity contribution in [3.8, 4) is 28.7 Å². The lowest BCUT2D eigenvalue weighted by atomic mass is 9.87. The molecule has 1 atom stereocenters. The van der Waals surface area contributed by atoms with Gasteiger partial charge in [-0.2, -0.15) is 0 Å². The van der Waals surface area contributed by atoms with E-state index in [0.29, 0.717) is 68.4 Å². The van der Waals surface area contributed by atoms with Crippen molar-refractivity contribution in [3.05, 3.63) is 107 Å². The lowest BCUT2D eigenvalue weighted by Crippen LogP contribution is -2.40. The zero-order valence-corrected chi connectivity index (χ0v) is 23.9. The predicted octanol–water partition coefficient (Wildman–Crippen LogP) is 5.21. The third-order valence-corrected chi connectivity index (χ3v) is 7.86. The van der Waals surface area contributed by atoms with E-state index in [4.69, 9.17) is 14.2 Å². The molecule has 0 aliphatic carbocycles. The average molecular weight is 580 g/mol. The largest absolute Gasteiger partial charge is 0.507 e. The minimum Gasteiger partial charge on any atom is -0.507 e. The number of methoxy groups -OCH3 is 1. The topological polar surface area (TPSA) is 110 Å². The molecule has 0 saturated carbocycles. The summed E-state index contributed by atoms with van der Waals surface area (Å²) in [7, 11) is 1.59. The Kier molecular flexibility index (Phi) is 8.13. The number of phenols is 1. The number of pyridine rings is 1. The second-order valence-corrected chi connectivity index (χ2v) is 10.6. The van der Waals surface area contributed by atoms with E-state index >= 15 is 0 Å². The first-order valence-electron chi connectivity index (χ1n) is 14.4. The van der Waals surface area contributed by atoms with Crippen molar-refractivity contribution in [1.29, 1.82) is 0 Å². The molecule has 0 saturated heterocycles. The first-order chi connectivity index (χ1) is 21.0. The number of carbonyl (C=O) groups is 2. The molecule has 4 aromatic rings. The second-order valence-electron chi connectivity index (χ2n) is 10.6. The number of ether oxygens (including phenoxy) is 3. The Morgan fingerprint density at radius 2 is 1.88 bits per heavy atom. The molecule has 0 spiro atoms. The van der Waals surface area contributed by atoms with Gasteiger partial charge in [-0.05, 0) is 96.1 Å². The molecule has 3 aromatic carbocycles. The quantitative estimate of drug-likeness (QED) is 0.342. The average Bonchev–Trinajstić information content (AvgIpc) is 3.03. The number of aryl methyl sites for hydroxylation is 1. The Morgan fingerprint density at radius 1 is 1.07 bits per heavy atom. The molecule has 9 heteroatoms. The van der Waals surface area contributed by atoms with Crippen LogP contribution in [0.4, 0.5) is 0 Å². The molecule has 9 nitrogen and oxygen atoms in total. The number of benzene rings is 3. The highest BCUT2D eigenvalue weighted by atomic mass is 16.5. The highest BCUT2D eigenvalue weighted by molar-refractivity contribution is 5.97. The number of hydrogen-bond donors (Lipinski definition) is 2. The molecular formula is C34H33N3O6. The summed E-state index contributed by atoms with van der Waals surface area (Å²) in [5.74, 6) is 1.73. The molecule has 0 radical (unpaired) electrons. The van der Waals surface area contributed by atoms with Gasteiger partial charge in [0.15, 0.2) is 11.5 Å². The zero-order valence-electron chi connectivity index (χ0n) is 23.9. The summed E-state index contributed by atoms with van der Waals surface area (Å²) in [4.78, 5) is 32.6. The maximum absolute atomic E-state index is 13.8. The monoisotopic (exact) mass is 579 g/mol. The van der Waals surface area contributed by atoms with Crippen LogP contribution >= 0.6 is 0 Å². The normalized spacial score (nSPS) is 16.3. The summed E-state index contributed by atoms with van der Waals surface area (Å²) in [6.07, 6.45) is 5.69. The first kappa shape index (κ1) is 28.1. The molecule has 2 amide bonds. The van der Waals surface area contributed by atoms with Gasteiger partial charge in [0.2, 0.25) is 5.91 Å². The SMILES string of the molecule is COc1ccc2cc1OCCCNC(=O)c1cc(ccc1O)Oc1ccc3c(c1)CCN(C(=O)CCc1ccncc1)C23. The van der Waals surface area contributed by atoms with E-state index < -0.39 is 5.91 Å². The summed E-state index contributed by atoms with van der Waals surface area (Å²) in [5.41, 5.74) is 4.20. The highest BCUT2D eigenvalue weighted by Gasteiger charge is 2.33. The van der Waals surface area contributed by atoms with Crippen molar-refractivity contribution in [2.45, 2.75) is 31.7 Å². The van der Waals surface area contributed by atoms with E-state index in [2.05, 4.69) is 10.3 Å². The summed E-state index contributed by atoms with van der Waals surface area (Å²) in [5, 5.41) is 13.2. The standard InChI is InChI=1S/C34H33N3O6/c1-41-30-9-4-24-20-31(30)42-18-2-14-36-34(40)28-21-26(6-8-29(28)38)43-25-5-7-27-23(19-25)13-17-37(33(24)27)32(39)10-3-22-11-15-35-16-12-22/h4-9,11-12,15-16,19-21,33,38H,2-3,10,13-14,17-18H2,1H3,(H,36,40). The maximum atomic E-state index is 13.8. The van der Waals surface area contributed by atoms with E-state index in [1.165, 1.54) is 12.1 Å². The minimum atomic E-state index is -0.398. The molecule has 3 aliphatic heterocycles. The van der Waals surface area contributed by atoms with Crippen LogP contribution in [-0.4, -0.2) is 53.6 Å². The maximum Gasteiger partial charge on any atom is 0.255 e. The smallest absolute Gasteiger partial charge is 0.255 e. The van der Waals surface area contributed by atoms with Gasteiger partial charge in [-0.15, -0.1) is 0 Å².